The molecule has 1 aliphatic rings. The van der Waals surface area contributed by atoms with Gasteiger partial charge < -0.3 is 10.1 Å². The van der Waals surface area contributed by atoms with Crippen molar-refractivity contribution in [2.75, 3.05) is 13.2 Å². The highest BCUT2D eigenvalue weighted by atomic mass is 32.2. The topological polar surface area (TPSA) is 102 Å². The van der Waals surface area contributed by atoms with Crippen molar-refractivity contribution in [2.24, 2.45) is 0 Å². The number of hydrogen-bond acceptors (Lipinski definition) is 6. The predicted molar refractivity (Wildman–Crippen MR) is 90.1 cm³/mol. The van der Waals surface area contributed by atoms with Crippen molar-refractivity contribution in [1.29, 1.82) is 0 Å². The molecule has 0 atom stereocenters. The largest absolute Gasteiger partial charge is 0.456 e. The first kappa shape index (κ1) is 18.9. The lowest BCUT2D eigenvalue weighted by Crippen LogP contribution is -2.38. The van der Waals surface area contributed by atoms with Crippen molar-refractivity contribution in [3.05, 3.63) is 17.5 Å². The Morgan fingerprint density at radius 2 is 2.00 bits per heavy atom. The first-order valence-electron chi connectivity index (χ1n) is 7.95. The fourth-order valence-corrected chi connectivity index (χ4v) is 4.58. The maximum absolute atomic E-state index is 11.8. The molecule has 1 aromatic heterocycles. The van der Waals surface area contributed by atoms with Crippen molar-refractivity contribution in [3.63, 3.8) is 0 Å². The third kappa shape index (κ3) is 6.21. The number of sulfonamides is 1. The third-order valence-corrected chi connectivity index (χ3v) is 6.57. The third-order valence-electron chi connectivity index (χ3n) is 3.72. The lowest BCUT2D eigenvalue weighted by atomic mass is 9.95. The first-order valence-corrected chi connectivity index (χ1v) is 10.3. The van der Waals surface area contributed by atoms with Crippen LogP contribution in [-0.2, 0) is 24.3 Å². The monoisotopic (exact) mass is 374 g/mol. The van der Waals surface area contributed by atoms with Crippen molar-refractivity contribution in [1.82, 2.24) is 10.0 Å². The number of rotatable bonds is 8. The van der Waals surface area contributed by atoms with Crippen LogP contribution in [0.5, 0.6) is 0 Å². The molecule has 9 heteroatoms. The molecule has 2 N–H and O–H groups in total. The summed E-state index contributed by atoms with van der Waals surface area (Å²) in [6.45, 7) is -0.393. The van der Waals surface area contributed by atoms with E-state index in [-0.39, 0.29) is 35.7 Å². The van der Waals surface area contributed by atoms with Gasteiger partial charge in [-0.2, -0.15) is 0 Å². The number of amides is 1. The van der Waals surface area contributed by atoms with Crippen molar-refractivity contribution >= 4 is 33.2 Å². The molecule has 0 radical (unpaired) electrons. The lowest BCUT2D eigenvalue weighted by molar-refractivity contribution is -0.148. The van der Waals surface area contributed by atoms with Crippen LogP contribution in [0.25, 0.3) is 0 Å². The van der Waals surface area contributed by atoms with Gasteiger partial charge >= 0.3 is 5.97 Å². The second kappa shape index (κ2) is 9.14. The number of nitrogens with one attached hydrogen (secondary N) is 2. The van der Waals surface area contributed by atoms with Gasteiger partial charge in [0.15, 0.2) is 6.61 Å². The van der Waals surface area contributed by atoms with Crippen molar-refractivity contribution in [2.45, 2.75) is 48.8 Å². The molecular formula is C15H22N2O5S2. The van der Waals surface area contributed by atoms with Gasteiger partial charge in [0, 0.05) is 12.6 Å². The average Bonchev–Trinajstić information content (AvgIpc) is 3.09. The van der Waals surface area contributed by atoms with E-state index in [4.69, 9.17) is 4.74 Å². The SMILES string of the molecule is O=C(COC(=O)CCNS(=O)(=O)c1cccs1)NC1CCCCC1. The van der Waals surface area contributed by atoms with E-state index in [0.717, 1.165) is 37.0 Å². The molecular weight excluding hydrogens is 352 g/mol. The van der Waals surface area contributed by atoms with Crippen LogP contribution in [0.4, 0.5) is 0 Å². The highest BCUT2D eigenvalue weighted by molar-refractivity contribution is 7.91. The van der Waals surface area contributed by atoms with E-state index in [1.54, 1.807) is 11.4 Å². The number of carbonyl (C=O) groups excluding carboxylic acids is 2. The van der Waals surface area contributed by atoms with Crippen molar-refractivity contribution < 1.29 is 22.7 Å². The Bertz CT molecular complexity index is 637. The molecule has 2 rings (SSSR count). The molecule has 0 spiro atoms. The Hall–Kier alpha value is -1.45. The molecule has 1 fully saturated rings. The fraction of sp³-hybridized carbons (Fsp3) is 0.600. The molecule has 1 aromatic rings. The Labute approximate surface area is 145 Å². The normalized spacial score (nSPS) is 15.8. The Kier molecular flexibility index (Phi) is 7.19. The summed E-state index contributed by atoms with van der Waals surface area (Å²) in [5.74, 6) is -0.919. The zero-order valence-electron chi connectivity index (χ0n) is 13.3. The summed E-state index contributed by atoms with van der Waals surface area (Å²) < 4.78 is 31.1. The zero-order valence-corrected chi connectivity index (χ0v) is 15.0. The van der Waals surface area contributed by atoms with Crippen LogP contribution < -0.4 is 10.0 Å². The van der Waals surface area contributed by atoms with Crippen LogP contribution in [0.3, 0.4) is 0 Å². The number of hydrogen-bond donors (Lipinski definition) is 2. The zero-order chi connectivity index (χ0) is 17.4. The summed E-state index contributed by atoms with van der Waals surface area (Å²) in [7, 11) is -3.58. The minimum atomic E-state index is -3.58. The van der Waals surface area contributed by atoms with Crippen molar-refractivity contribution in [3.8, 4) is 0 Å². The Balaban J connectivity index is 1.62. The van der Waals surface area contributed by atoms with Gasteiger partial charge in [0.25, 0.3) is 5.91 Å². The summed E-state index contributed by atoms with van der Waals surface area (Å²) in [6, 6.07) is 3.29. The van der Waals surface area contributed by atoms with E-state index >= 15 is 0 Å². The summed E-state index contributed by atoms with van der Waals surface area (Å²) >= 11 is 1.10. The molecule has 1 amide bonds. The summed E-state index contributed by atoms with van der Waals surface area (Å²) in [5, 5.41) is 4.51. The molecule has 24 heavy (non-hydrogen) atoms. The van der Waals surface area contributed by atoms with Crippen LogP contribution >= 0.6 is 11.3 Å². The van der Waals surface area contributed by atoms with E-state index < -0.39 is 16.0 Å². The standard InChI is InChI=1S/C15H22N2O5S2/c18-13(17-12-5-2-1-3-6-12)11-22-14(19)8-9-16-24(20,21)15-7-4-10-23-15/h4,7,10,12,16H,1-3,5-6,8-9,11H2,(H,17,18). The number of thiophene rings is 1. The van der Waals surface area contributed by atoms with E-state index in [9.17, 15) is 18.0 Å². The molecule has 0 unspecified atom stereocenters. The number of esters is 1. The molecule has 134 valence electrons. The highest BCUT2D eigenvalue weighted by Crippen LogP contribution is 2.17. The summed E-state index contributed by atoms with van der Waals surface area (Å²) in [4.78, 5) is 23.3. The minimum Gasteiger partial charge on any atom is -0.456 e. The Morgan fingerprint density at radius 3 is 2.67 bits per heavy atom. The second-order valence-electron chi connectivity index (χ2n) is 5.64. The maximum atomic E-state index is 11.8. The molecule has 7 nitrogen and oxygen atoms in total. The molecule has 1 aliphatic carbocycles. The van der Waals surface area contributed by atoms with Crippen LogP contribution in [0.1, 0.15) is 38.5 Å². The van der Waals surface area contributed by atoms with Crippen LogP contribution in [-0.4, -0.2) is 39.5 Å². The number of carbonyl (C=O) groups is 2. The second-order valence-corrected chi connectivity index (χ2v) is 8.58. The van der Waals surface area contributed by atoms with Gasteiger partial charge in [0.05, 0.1) is 6.42 Å². The summed E-state index contributed by atoms with van der Waals surface area (Å²) in [5.41, 5.74) is 0. The molecule has 0 aliphatic heterocycles. The van der Waals surface area contributed by atoms with Crippen LogP contribution in [0.2, 0.25) is 0 Å². The maximum Gasteiger partial charge on any atom is 0.307 e. The van der Waals surface area contributed by atoms with E-state index in [1.807, 2.05) is 0 Å². The lowest BCUT2D eigenvalue weighted by Gasteiger charge is -2.22. The first-order chi connectivity index (χ1) is 11.5. The van der Waals surface area contributed by atoms with E-state index in [0.29, 0.717) is 0 Å². The minimum absolute atomic E-state index is 0.0662. The van der Waals surface area contributed by atoms with Gasteiger partial charge in [-0.3, -0.25) is 9.59 Å². The van der Waals surface area contributed by atoms with Gasteiger partial charge in [0.1, 0.15) is 4.21 Å². The van der Waals surface area contributed by atoms with Gasteiger partial charge in [-0.25, -0.2) is 13.1 Å². The fourth-order valence-electron chi connectivity index (χ4n) is 2.51. The van der Waals surface area contributed by atoms with E-state index in [1.165, 1.54) is 12.5 Å². The average molecular weight is 374 g/mol. The highest BCUT2D eigenvalue weighted by Gasteiger charge is 2.18. The molecule has 1 heterocycles. The van der Waals surface area contributed by atoms with E-state index in [2.05, 4.69) is 10.0 Å². The van der Waals surface area contributed by atoms with Crippen LogP contribution in [0, 0.1) is 0 Å². The van der Waals surface area contributed by atoms with Gasteiger partial charge in [0.2, 0.25) is 10.0 Å². The van der Waals surface area contributed by atoms with Gasteiger partial charge in [-0.15, -0.1) is 11.3 Å². The van der Waals surface area contributed by atoms with Gasteiger partial charge in [-0.1, -0.05) is 25.3 Å². The smallest absolute Gasteiger partial charge is 0.307 e. The van der Waals surface area contributed by atoms with Crippen LogP contribution in [0.15, 0.2) is 21.7 Å². The summed E-state index contributed by atoms with van der Waals surface area (Å²) in [6.07, 6.45) is 5.21. The molecule has 0 bridgehead atoms. The number of ether oxygens (including phenoxy) is 1. The Morgan fingerprint density at radius 1 is 1.25 bits per heavy atom. The predicted octanol–water partition coefficient (Wildman–Crippen LogP) is 1.41. The molecule has 0 saturated heterocycles. The quantitative estimate of drug-likeness (QED) is 0.670. The van der Waals surface area contributed by atoms with Gasteiger partial charge in [-0.05, 0) is 24.3 Å². The molecule has 0 aromatic carbocycles. The molecule has 1 saturated carbocycles.